The predicted molar refractivity (Wildman–Crippen MR) is 213 cm³/mol. The Balaban J connectivity index is 1.50. The van der Waals surface area contributed by atoms with Crippen LogP contribution in [0.15, 0.2) is 65.7 Å². The summed E-state index contributed by atoms with van der Waals surface area (Å²) in [5, 5.41) is 52.1. The molecule has 1 amide bonds. The number of rotatable bonds is 8. The number of ether oxygens (including phenoxy) is 5. The molecule has 6 rings (SSSR count). The fourth-order valence-corrected chi connectivity index (χ4v) is 9.89. The van der Waals surface area contributed by atoms with E-state index in [1.807, 2.05) is 6.92 Å². The van der Waals surface area contributed by atoms with E-state index in [1.165, 1.54) is 32.9 Å². The van der Waals surface area contributed by atoms with E-state index in [2.05, 4.69) is 5.32 Å². The molecule has 2 saturated carbocycles. The Hall–Kier alpha value is -4.67. The van der Waals surface area contributed by atoms with Crippen LogP contribution in [0, 0.1) is 23.7 Å². The number of carbonyl (C=O) groups is 5. The Bertz CT molecular complexity index is 2040. The summed E-state index contributed by atoms with van der Waals surface area (Å²) in [6, 6.07) is 13.2. The second kappa shape index (κ2) is 16.0. The predicted octanol–water partition coefficient (Wildman–Crippen LogP) is 3.96. The smallest absolute Gasteiger partial charge is 0.408 e. The van der Waals surface area contributed by atoms with Crippen LogP contribution in [0.25, 0.3) is 0 Å². The number of alkyl carbamates (subject to hydrolysis) is 1. The van der Waals surface area contributed by atoms with Crippen molar-refractivity contribution in [2.24, 2.45) is 16.7 Å². The summed E-state index contributed by atoms with van der Waals surface area (Å²) in [5.74, 6) is -5.36. The summed E-state index contributed by atoms with van der Waals surface area (Å²) in [6.07, 6.45) is -11.1. The summed E-state index contributed by atoms with van der Waals surface area (Å²) in [7, 11) is 0. The van der Waals surface area contributed by atoms with Crippen molar-refractivity contribution < 1.29 is 68.1 Å². The van der Waals surface area contributed by atoms with Crippen molar-refractivity contribution in [2.75, 3.05) is 6.61 Å². The lowest BCUT2D eigenvalue weighted by atomic mass is 9.47. The van der Waals surface area contributed by atoms with Gasteiger partial charge in [-0.2, -0.15) is 0 Å². The van der Waals surface area contributed by atoms with E-state index in [0.29, 0.717) is 5.56 Å². The molecule has 1 heterocycles. The molecule has 15 nitrogen and oxygen atoms in total. The minimum atomic E-state index is -2.36. The van der Waals surface area contributed by atoms with E-state index in [9.17, 15) is 39.6 Å². The molecule has 15 heteroatoms. The third-order valence-electron chi connectivity index (χ3n) is 13.1. The van der Waals surface area contributed by atoms with Gasteiger partial charge >= 0.3 is 24.0 Å². The highest BCUT2D eigenvalue weighted by Gasteiger charge is 2.76. The first-order valence-corrected chi connectivity index (χ1v) is 20.2. The van der Waals surface area contributed by atoms with Crippen LogP contribution in [0.5, 0.6) is 0 Å². The van der Waals surface area contributed by atoms with Crippen molar-refractivity contribution >= 4 is 29.8 Å². The van der Waals surface area contributed by atoms with Gasteiger partial charge in [-0.1, -0.05) is 61.9 Å². The summed E-state index contributed by atoms with van der Waals surface area (Å²) in [5.41, 5.74) is -7.30. The SMILES string of the molecule is CC(=O)O[C@@]12CO[C@@H]1CC[C@H](O)[C@@]1(C)C(=O)[C@H](O)C3=C(C)[C@@H](OC(=O)[C@H](O)[C@@H](NC(=O)OC(C)(C)C)c4ccc(C)cc4)C[C@@](O)([C@@H](OC(=O)c4ccccc4)[C@H]21)C3(C)C. The second-order valence-electron chi connectivity index (χ2n) is 18.4. The Morgan fingerprint density at radius 1 is 0.933 bits per heavy atom. The van der Waals surface area contributed by atoms with Gasteiger partial charge in [0, 0.05) is 18.8 Å². The number of nitrogens with one attached hydrogen (secondary N) is 1. The summed E-state index contributed by atoms with van der Waals surface area (Å²) in [6.45, 7) is 13.7. The zero-order chi connectivity index (χ0) is 44.3. The van der Waals surface area contributed by atoms with Crippen molar-refractivity contribution in [1.29, 1.82) is 0 Å². The average molecular weight is 836 g/mol. The van der Waals surface area contributed by atoms with E-state index >= 15 is 4.79 Å². The van der Waals surface area contributed by atoms with Crippen LogP contribution >= 0.6 is 0 Å². The number of carbonyl (C=O) groups excluding carboxylic acids is 5. The van der Waals surface area contributed by atoms with Gasteiger partial charge in [-0.15, -0.1) is 0 Å². The zero-order valence-electron chi connectivity index (χ0n) is 35.5. The Morgan fingerprint density at radius 3 is 2.13 bits per heavy atom. The normalized spacial score (nSPS) is 33.2. The molecule has 1 aliphatic heterocycles. The molecule has 1 saturated heterocycles. The maximum atomic E-state index is 15.1. The number of hydrogen-bond acceptors (Lipinski definition) is 14. The fraction of sp³-hybridized carbons (Fsp3) is 0.578. The summed E-state index contributed by atoms with van der Waals surface area (Å²) < 4.78 is 29.9. The monoisotopic (exact) mass is 835 g/mol. The minimum Gasteiger partial charge on any atom is -0.456 e. The molecule has 11 atom stereocenters. The molecule has 5 N–H and O–H groups in total. The van der Waals surface area contributed by atoms with Gasteiger partial charge < -0.3 is 49.4 Å². The maximum Gasteiger partial charge on any atom is 0.408 e. The van der Waals surface area contributed by atoms with Crippen LogP contribution in [-0.4, -0.2) is 110 Å². The third-order valence-corrected chi connectivity index (χ3v) is 13.1. The molecular formula is C45H57NO14. The Kier molecular flexibility index (Phi) is 12.0. The molecule has 3 fully saturated rings. The number of aliphatic hydroxyl groups excluding tert-OH is 3. The van der Waals surface area contributed by atoms with Crippen molar-refractivity contribution in [1.82, 2.24) is 5.32 Å². The lowest BCUT2D eigenvalue weighted by molar-refractivity contribution is -0.314. The number of amides is 1. The molecular weight excluding hydrogens is 778 g/mol. The first-order chi connectivity index (χ1) is 27.9. The van der Waals surface area contributed by atoms with Gasteiger partial charge in [-0.05, 0) is 83.2 Å². The largest absolute Gasteiger partial charge is 0.456 e. The number of aliphatic hydroxyl groups is 4. The van der Waals surface area contributed by atoms with E-state index in [4.69, 9.17) is 23.7 Å². The molecule has 0 aromatic heterocycles. The number of fused-ring (bicyclic) bond motifs is 5. The molecule has 2 bridgehead atoms. The van der Waals surface area contributed by atoms with Crippen LogP contribution in [0.2, 0.25) is 0 Å². The van der Waals surface area contributed by atoms with E-state index in [1.54, 1.807) is 77.1 Å². The average Bonchev–Trinajstić information content (AvgIpc) is 3.21. The van der Waals surface area contributed by atoms with Crippen LogP contribution in [0.1, 0.15) is 102 Å². The molecule has 4 aliphatic rings. The zero-order valence-corrected chi connectivity index (χ0v) is 35.5. The molecule has 3 aliphatic carbocycles. The van der Waals surface area contributed by atoms with Gasteiger partial charge in [0.15, 0.2) is 17.5 Å². The Labute approximate surface area is 349 Å². The van der Waals surface area contributed by atoms with Gasteiger partial charge in [-0.25, -0.2) is 14.4 Å². The van der Waals surface area contributed by atoms with Gasteiger partial charge in [0.05, 0.1) is 35.6 Å². The molecule has 2 aromatic carbocycles. The highest BCUT2D eigenvalue weighted by atomic mass is 16.6. The molecule has 326 valence electrons. The van der Waals surface area contributed by atoms with Gasteiger partial charge in [-0.3, -0.25) is 9.59 Å². The van der Waals surface area contributed by atoms with Crippen molar-refractivity contribution in [3.05, 3.63) is 82.4 Å². The number of esters is 3. The van der Waals surface area contributed by atoms with E-state index in [-0.39, 0.29) is 36.2 Å². The van der Waals surface area contributed by atoms with Gasteiger partial charge in [0.1, 0.15) is 35.6 Å². The lowest BCUT2D eigenvalue weighted by Gasteiger charge is -2.63. The third kappa shape index (κ3) is 7.63. The van der Waals surface area contributed by atoms with Crippen LogP contribution in [0.3, 0.4) is 0 Å². The highest BCUT2D eigenvalue weighted by Crippen LogP contribution is 2.63. The minimum absolute atomic E-state index is 0.0318. The van der Waals surface area contributed by atoms with Crippen LogP contribution < -0.4 is 5.32 Å². The molecule has 0 unspecified atom stereocenters. The first kappa shape index (κ1) is 44.9. The van der Waals surface area contributed by atoms with E-state index in [0.717, 1.165) is 5.56 Å². The van der Waals surface area contributed by atoms with E-state index < -0.39 is 112 Å². The maximum absolute atomic E-state index is 15.1. The van der Waals surface area contributed by atoms with Crippen molar-refractivity contribution in [3.8, 4) is 0 Å². The highest BCUT2D eigenvalue weighted by molar-refractivity contribution is 5.94. The van der Waals surface area contributed by atoms with Gasteiger partial charge in [0.25, 0.3) is 0 Å². The molecule has 2 aromatic rings. The fourth-order valence-electron chi connectivity index (χ4n) is 9.89. The first-order valence-electron chi connectivity index (χ1n) is 20.2. The number of hydrogen-bond donors (Lipinski definition) is 5. The molecule has 0 radical (unpaired) electrons. The summed E-state index contributed by atoms with van der Waals surface area (Å²) in [4.78, 5) is 69.5. The quantitative estimate of drug-likeness (QED) is 0.144. The molecule has 0 spiro atoms. The van der Waals surface area contributed by atoms with Crippen molar-refractivity contribution in [2.45, 2.75) is 141 Å². The van der Waals surface area contributed by atoms with Crippen molar-refractivity contribution in [3.63, 3.8) is 0 Å². The standard InChI is InChI=1S/C45H57NO14/c1-23-15-17-26(18-16-23)32(46-40(54)60-41(4,5)6)34(50)39(53)57-28-21-45(55)37(58-38(52)27-13-11-10-12-14-27)35-43(9,36(51)33(49)31(24(28)2)42(45,7)8)29(48)19-20-30-44(35,22-56-30)59-25(3)47/h10-18,28-30,32-35,37,48-50,55H,19-22H2,1-9H3,(H,46,54)/t28-,29-,30+,32-,33+,34+,35-,37-,43+,44-,45+/m0/s1. The van der Waals surface area contributed by atoms with Gasteiger partial charge in [0.2, 0.25) is 0 Å². The topological polar surface area (TPSA) is 224 Å². The number of benzene rings is 2. The number of ketones is 1. The lowest BCUT2D eigenvalue weighted by Crippen LogP contribution is -2.77. The number of aryl methyl sites for hydroxylation is 1. The second-order valence-corrected chi connectivity index (χ2v) is 18.4. The summed E-state index contributed by atoms with van der Waals surface area (Å²) >= 11 is 0. The number of Topliss-reactive ketones (excluding diaryl/α,β-unsaturated/α-hetero) is 1. The van der Waals surface area contributed by atoms with Crippen LogP contribution in [0.4, 0.5) is 4.79 Å². The van der Waals surface area contributed by atoms with Crippen LogP contribution in [-0.2, 0) is 38.1 Å². The molecule has 60 heavy (non-hydrogen) atoms. The Morgan fingerprint density at radius 2 is 1.57 bits per heavy atom.